The van der Waals surface area contributed by atoms with E-state index in [1.807, 2.05) is 13.8 Å². The van der Waals surface area contributed by atoms with Crippen molar-refractivity contribution in [1.29, 1.82) is 0 Å². The van der Waals surface area contributed by atoms with Crippen LogP contribution in [-0.2, 0) is 20.7 Å². The fourth-order valence-electron chi connectivity index (χ4n) is 3.01. The van der Waals surface area contributed by atoms with E-state index in [4.69, 9.17) is 14.0 Å². The van der Waals surface area contributed by atoms with Gasteiger partial charge in [0.15, 0.2) is 0 Å². The normalized spacial score (nSPS) is 19.1. The SMILES string of the molecule is CCC(COC)OC(=O)N1CCN(C(=O)c2ccc(NS(=O)O)cc2)C(C)C1. The summed E-state index contributed by atoms with van der Waals surface area (Å²) in [6.07, 6.45) is -0.00871. The predicted molar refractivity (Wildman–Crippen MR) is 105 cm³/mol. The molecule has 0 bridgehead atoms. The number of nitrogens with zero attached hydrogens (tertiary/aromatic N) is 2. The van der Waals surface area contributed by atoms with E-state index in [-0.39, 0.29) is 18.1 Å². The maximum absolute atomic E-state index is 12.8. The molecule has 1 saturated heterocycles. The minimum atomic E-state index is -2.16. The summed E-state index contributed by atoms with van der Waals surface area (Å²) in [5.74, 6) is -0.150. The Kier molecular flexibility index (Phi) is 8.21. The zero-order chi connectivity index (χ0) is 20.7. The first-order valence-corrected chi connectivity index (χ1v) is 10.2. The second-order valence-corrected chi connectivity index (χ2v) is 7.29. The lowest BCUT2D eigenvalue weighted by atomic mass is 10.1. The van der Waals surface area contributed by atoms with E-state index in [2.05, 4.69) is 4.72 Å². The van der Waals surface area contributed by atoms with Gasteiger partial charge in [0, 0.05) is 44.0 Å². The number of hydrogen-bond acceptors (Lipinski definition) is 5. The lowest BCUT2D eigenvalue weighted by Crippen LogP contribution is -2.55. The summed E-state index contributed by atoms with van der Waals surface area (Å²) in [6, 6.07) is 6.17. The molecule has 10 heteroatoms. The summed E-state index contributed by atoms with van der Waals surface area (Å²) in [7, 11) is 1.56. The number of carbonyl (C=O) groups excluding carboxylic acids is 2. The molecule has 1 aromatic carbocycles. The van der Waals surface area contributed by atoms with Crippen LogP contribution in [0, 0.1) is 0 Å². The summed E-state index contributed by atoms with van der Waals surface area (Å²) < 4.78 is 32.4. The van der Waals surface area contributed by atoms with Crippen molar-refractivity contribution in [3.63, 3.8) is 0 Å². The maximum atomic E-state index is 12.8. The van der Waals surface area contributed by atoms with E-state index in [9.17, 15) is 13.8 Å². The van der Waals surface area contributed by atoms with Crippen molar-refractivity contribution in [3.8, 4) is 0 Å². The van der Waals surface area contributed by atoms with Crippen LogP contribution in [0.25, 0.3) is 0 Å². The van der Waals surface area contributed by atoms with Gasteiger partial charge in [-0.1, -0.05) is 6.92 Å². The third-order valence-corrected chi connectivity index (χ3v) is 4.97. The van der Waals surface area contributed by atoms with Crippen LogP contribution >= 0.6 is 0 Å². The molecular formula is C18H27N3O6S. The third kappa shape index (κ3) is 5.91. The molecule has 9 nitrogen and oxygen atoms in total. The number of anilines is 1. The molecule has 2 amide bonds. The molecule has 1 aliphatic rings. The number of amides is 2. The highest BCUT2D eigenvalue weighted by Gasteiger charge is 2.31. The number of ether oxygens (including phenoxy) is 2. The molecule has 2 N–H and O–H groups in total. The number of rotatable bonds is 7. The smallest absolute Gasteiger partial charge is 0.410 e. The molecule has 1 aromatic rings. The molecule has 28 heavy (non-hydrogen) atoms. The average molecular weight is 413 g/mol. The molecule has 1 aliphatic heterocycles. The van der Waals surface area contributed by atoms with Crippen molar-refractivity contribution in [1.82, 2.24) is 9.80 Å². The highest BCUT2D eigenvalue weighted by Crippen LogP contribution is 2.17. The Bertz CT molecular complexity index is 699. The molecule has 2 rings (SSSR count). The molecule has 3 atom stereocenters. The number of hydrogen-bond donors (Lipinski definition) is 2. The highest BCUT2D eigenvalue weighted by atomic mass is 32.2. The van der Waals surface area contributed by atoms with Crippen molar-refractivity contribution in [2.75, 3.05) is 38.1 Å². The number of nitrogens with one attached hydrogen (secondary N) is 1. The monoisotopic (exact) mass is 413 g/mol. The van der Waals surface area contributed by atoms with Gasteiger partial charge in [-0.05, 0) is 37.6 Å². The van der Waals surface area contributed by atoms with Gasteiger partial charge in [0.25, 0.3) is 17.2 Å². The minimum Gasteiger partial charge on any atom is -0.444 e. The molecule has 1 fully saturated rings. The van der Waals surface area contributed by atoms with Crippen LogP contribution in [-0.4, -0.2) is 76.1 Å². The average Bonchev–Trinajstić information content (AvgIpc) is 2.67. The van der Waals surface area contributed by atoms with Gasteiger partial charge in [-0.3, -0.25) is 14.1 Å². The maximum Gasteiger partial charge on any atom is 0.410 e. The summed E-state index contributed by atoms with van der Waals surface area (Å²) >= 11 is -2.16. The van der Waals surface area contributed by atoms with Crippen molar-refractivity contribution in [2.24, 2.45) is 0 Å². The van der Waals surface area contributed by atoms with Gasteiger partial charge in [-0.2, -0.15) is 0 Å². The van der Waals surface area contributed by atoms with Crippen molar-refractivity contribution >= 4 is 29.0 Å². The van der Waals surface area contributed by atoms with Crippen LogP contribution < -0.4 is 4.72 Å². The van der Waals surface area contributed by atoms with Crippen LogP contribution in [0.5, 0.6) is 0 Å². The molecule has 0 radical (unpaired) electrons. The van der Waals surface area contributed by atoms with E-state index in [0.717, 1.165) is 0 Å². The number of benzene rings is 1. The van der Waals surface area contributed by atoms with E-state index in [1.165, 1.54) is 0 Å². The zero-order valence-corrected chi connectivity index (χ0v) is 17.1. The molecule has 0 spiro atoms. The fraction of sp³-hybridized carbons (Fsp3) is 0.556. The fourth-order valence-corrected chi connectivity index (χ4v) is 3.35. The topological polar surface area (TPSA) is 108 Å². The van der Waals surface area contributed by atoms with E-state index < -0.39 is 17.4 Å². The number of methoxy groups -OCH3 is 1. The Balaban J connectivity index is 1.94. The Morgan fingerprint density at radius 2 is 2.00 bits per heavy atom. The highest BCUT2D eigenvalue weighted by molar-refractivity contribution is 7.80. The van der Waals surface area contributed by atoms with Gasteiger partial charge in [0.05, 0.1) is 6.61 Å². The van der Waals surface area contributed by atoms with Crippen LogP contribution in [0.4, 0.5) is 10.5 Å². The zero-order valence-electron chi connectivity index (χ0n) is 16.3. The van der Waals surface area contributed by atoms with Gasteiger partial charge >= 0.3 is 6.09 Å². The number of piperazine rings is 1. The van der Waals surface area contributed by atoms with E-state index in [1.54, 1.807) is 41.2 Å². The standard InChI is InChI=1S/C18H27N3O6S/c1-4-16(12-26-3)27-18(23)20-9-10-21(13(2)11-20)17(22)14-5-7-15(8-6-14)19-28(24)25/h5-8,13,16,19H,4,9-12H2,1-3H3,(H,24,25). The quantitative estimate of drug-likeness (QED) is 0.662. The summed E-state index contributed by atoms with van der Waals surface area (Å²) in [6.45, 7) is 5.34. The van der Waals surface area contributed by atoms with E-state index >= 15 is 0 Å². The van der Waals surface area contributed by atoms with Gasteiger partial charge in [-0.15, -0.1) is 0 Å². The molecule has 1 heterocycles. The van der Waals surface area contributed by atoms with Gasteiger partial charge in [0.2, 0.25) is 0 Å². The Morgan fingerprint density at radius 3 is 2.54 bits per heavy atom. The third-order valence-electron chi connectivity index (χ3n) is 4.56. The van der Waals surface area contributed by atoms with Crippen molar-refractivity contribution in [3.05, 3.63) is 29.8 Å². The summed E-state index contributed by atoms with van der Waals surface area (Å²) in [5.41, 5.74) is 0.919. The molecule has 156 valence electrons. The second-order valence-electron chi connectivity index (χ2n) is 6.59. The lowest BCUT2D eigenvalue weighted by molar-refractivity contribution is 0.00430. The van der Waals surface area contributed by atoms with Gasteiger partial charge in [-0.25, -0.2) is 9.00 Å². The van der Waals surface area contributed by atoms with Crippen LogP contribution in [0.3, 0.4) is 0 Å². The van der Waals surface area contributed by atoms with Crippen LogP contribution in [0.1, 0.15) is 30.6 Å². The van der Waals surface area contributed by atoms with Crippen molar-refractivity contribution in [2.45, 2.75) is 32.4 Å². The molecule has 0 aliphatic carbocycles. The van der Waals surface area contributed by atoms with Crippen LogP contribution in [0.2, 0.25) is 0 Å². The Labute approximate surface area is 167 Å². The molecular weight excluding hydrogens is 386 g/mol. The molecule has 0 aromatic heterocycles. The predicted octanol–water partition coefficient (Wildman–Crippen LogP) is 1.94. The van der Waals surface area contributed by atoms with E-state index in [0.29, 0.717) is 43.9 Å². The first-order valence-electron chi connectivity index (χ1n) is 9.08. The summed E-state index contributed by atoms with van der Waals surface area (Å²) in [5, 5.41) is 0. The van der Waals surface area contributed by atoms with Crippen molar-refractivity contribution < 1.29 is 27.8 Å². The Morgan fingerprint density at radius 1 is 1.32 bits per heavy atom. The van der Waals surface area contributed by atoms with Crippen LogP contribution in [0.15, 0.2) is 24.3 Å². The second kappa shape index (κ2) is 10.4. The summed E-state index contributed by atoms with van der Waals surface area (Å²) in [4.78, 5) is 28.4. The largest absolute Gasteiger partial charge is 0.444 e. The lowest BCUT2D eigenvalue weighted by Gasteiger charge is -2.39. The van der Waals surface area contributed by atoms with Gasteiger partial charge < -0.3 is 19.3 Å². The first-order chi connectivity index (χ1) is 13.3. The first kappa shape index (κ1) is 22.1. The van der Waals surface area contributed by atoms with Gasteiger partial charge in [0.1, 0.15) is 6.10 Å². The Hall–Kier alpha value is -2.17. The molecule has 0 saturated carbocycles. The molecule has 3 unspecified atom stereocenters. The number of carbonyl (C=O) groups is 2. The minimum absolute atomic E-state index is 0.150.